The van der Waals surface area contributed by atoms with Crippen LogP contribution in [0.15, 0.2) is 24.3 Å². The van der Waals surface area contributed by atoms with Crippen LogP contribution in [-0.2, 0) is 4.79 Å². The molecule has 1 aromatic rings. The number of hydrogen-bond acceptors (Lipinski definition) is 2. The van der Waals surface area contributed by atoms with E-state index in [-0.39, 0.29) is 12.5 Å². The average Bonchev–Trinajstić information content (AvgIpc) is 2.41. The molecule has 1 N–H and O–H groups in total. The molecule has 0 bridgehead atoms. The quantitative estimate of drug-likeness (QED) is 0.590. The normalized spacial score (nSPS) is 11.9. The first-order valence-electron chi connectivity index (χ1n) is 6.33. The summed E-state index contributed by atoms with van der Waals surface area (Å²) in [5.74, 6) is 1.62. The number of benzene rings is 1. The number of rotatable bonds is 8. The molecule has 1 rings (SSSR count). The van der Waals surface area contributed by atoms with Crippen molar-refractivity contribution in [2.45, 2.75) is 19.8 Å². The van der Waals surface area contributed by atoms with Crippen LogP contribution in [-0.4, -0.2) is 24.9 Å². The molecule has 1 amide bonds. The van der Waals surface area contributed by atoms with Crippen molar-refractivity contribution in [1.82, 2.24) is 5.32 Å². The summed E-state index contributed by atoms with van der Waals surface area (Å²) < 4.78 is 5.33. The summed E-state index contributed by atoms with van der Waals surface area (Å²) in [6, 6.07) is 6.98. The van der Waals surface area contributed by atoms with Gasteiger partial charge in [-0.1, -0.05) is 24.6 Å². The van der Waals surface area contributed by atoms with E-state index in [2.05, 4.69) is 12.2 Å². The average molecular weight is 304 g/mol. The van der Waals surface area contributed by atoms with Crippen LogP contribution in [0.3, 0.4) is 0 Å². The molecule has 3 nitrogen and oxygen atoms in total. The molecule has 0 fully saturated rings. The zero-order valence-corrected chi connectivity index (χ0v) is 12.5. The van der Waals surface area contributed by atoms with Gasteiger partial charge in [-0.2, -0.15) is 0 Å². The molecule has 106 valence electrons. The maximum atomic E-state index is 11.5. The minimum absolute atomic E-state index is 0.00536. The highest BCUT2D eigenvalue weighted by Gasteiger charge is 2.04. The molecule has 0 aliphatic heterocycles. The first kappa shape index (κ1) is 16.1. The molecule has 0 spiro atoms. The smallest absolute Gasteiger partial charge is 0.257 e. The zero-order chi connectivity index (χ0) is 14.1. The predicted octanol–water partition coefficient (Wildman–Crippen LogP) is 3.49. The zero-order valence-electron chi connectivity index (χ0n) is 11.0. The minimum atomic E-state index is -0.126. The van der Waals surface area contributed by atoms with E-state index in [1.54, 1.807) is 24.3 Å². The van der Waals surface area contributed by atoms with Gasteiger partial charge in [0.2, 0.25) is 0 Å². The third kappa shape index (κ3) is 7.28. The summed E-state index contributed by atoms with van der Waals surface area (Å²) in [4.78, 5) is 11.5. The number of alkyl halides is 1. The summed E-state index contributed by atoms with van der Waals surface area (Å²) in [5.41, 5.74) is 0. The van der Waals surface area contributed by atoms with Crippen LogP contribution in [0.5, 0.6) is 5.75 Å². The summed E-state index contributed by atoms with van der Waals surface area (Å²) in [7, 11) is 0. The van der Waals surface area contributed by atoms with Gasteiger partial charge in [0.05, 0.1) is 0 Å². The summed E-state index contributed by atoms with van der Waals surface area (Å²) in [6.07, 6.45) is 1.94. The van der Waals surface area contributed by atoms with E-state index in [0.29, 0.717) is 29.1 Å². The SMILES string of the molecule is CC(CCl)CCCNC(=O)COc1cccc(Cl)c1. The van der Waals surface area contributed by atoms with Gasteiger partial charge in [0, 0.05) is 17.4 Å². The Labute approximate surface area is 124 Å². The van der Waals surface area contributed by atoms with Gasteiger partial charge in [0.15, 0.2) is 6.61 Å². The van der Waals surface area contributed by atoms with Gasteiger partial charge in [-0.15, -0.1) is 11.6 Å². The molecule has 0 heterocycles. The Morgan fingerprint density at radius 2 is 2.26 bits per heavy atom. The van der Waals surface area contributed by atoms with E-state index in [0.717, 1.165) is 12.8 Å². The molecule has 1 aromatic carbocycles. The number of carbonyl (C=O) groups excluding carboxylic acids is 1. The molecule has 1 unspecified atom stereocenters. The van der Waals surface area contributed by atoms with E-state index in [1.165, 1.54) is 0 Å². The van der Waals surface area contributed by atoms with Crippen LogP contribution >= 0.6 is 23.2 Å². The van der Waals surface area contributed by atoms with E-state index >= 15 is 0 Å². The molecular weight excluding hydrogens is 285 g/mol. The summed E-state index contributed by atoms with van der Waals surface area (Å²) in [6.45, 7) is 2.75. The molecule has 0 radical (unpaired) electrons. The summed E-state index contributed by atoms with van der Waals surface area (Å²) >= 11 is 11.5. The van der Waals surface area contributed by atoms with Crippen molar-refractivity contribution < 1.29 is 9.53 Å². The molecule has 0 saturated heterocycles. The molecule has 19 heavy (non-hydrogen) atoms. The van der Waals surface area contributed by atoms with Crippen LogP contribution in [0.2, 0.25) is 5.02 Å². The third-order valence-corrected chi connectivity index (χ3v) is 3.39. The van der Waals surface area contributed by atoms with E-state index in [1.807, 2.05) is 0 Å². The second kappa shape index (κ2) is 9.05. The van der Waals surface area contributed by atoms with Gasteiger partial charge in [-0.3, -0.25) is 4.79 Å². The first-order chi connectivity index (χ1) is 9.11. The Kier molecular flexibility index (Phi) is 7.68. The Bertz CT molecular complexity index is 399. The van der Waals surface area contributed by atoms with Gasteiger partial charge in [-0.25, -0.2) is 0 Å². The van der Waals surface area contributed by atoms with Crippen LogP contribution in [0.25, 0.3) is 0 Å². The van der Waals surface area contributed by atoms with Gasteiger partial charge >= 0.3 is 0 Å². The van der Waals surface area contributed by atoms with Crippen molar-refractivity contribution in [2.75, 3.05) is 19.0 Å². The van der Waals surface area contributed by atoms with Crippen molar-refractivity contribution in [3.05, 3.63) is 29.3 Å². The number of nitrogens with one attached hydrogen (secondary N) is 1. The van der Waals surface area contributed by atoms with Crippen LogP contribution in [0.1, 0.15) is 19.8 Å². The molecule has 5 heteroatoms. The lowest BCUT2D eigenvalue weighted by molar-refractivity contribution is -0.123. The fourth-order valence-electron chi connectivity index (χ4n) is 1.51. The van der Waals surface area contributed by atoms with Crippen molar-refractivity contribution in [1.29, 1.82) is 0 Å². The predicted molar refractivity (Wildman–Crippen MR) is 79.1 cm³/mol. The largest absolute Gasteiger partial charge is 0.484 e. The number of carbonyl (C=O) groups is 1. The Morgan fingerprint density at radius 1 is 1.47 bits per heavy atom. The van der Waals surface area contributed by atoms with E-state index < -0.39 is 0 Å². The van der Waals surface area contributed by atoms with Crippen LogP contribution < -0.4 is 10.1 Å². The lowest BCUT2D eigenvalue weighted by Gasteiger charge is -2.09. The molecule has 0 saturated carbocycles. The van der Waals surface area contributed by atoms with Gasteiger partial charge in [0.1, 0.15) is 5.75 Å². The Hall–Kier alpha value is -0.930. The molecular formula is C14H19Cl2NO2. The lowest BCUT2D eigenvalue weighted by Crippen LogP contribution is -2.29. The number of halogens is 2. The van der Waals surface area contributed by atoms with Crippen LogP contribution in [0.4, 0.5) is 0 Å². The fourth-order valence-corrected chi connectivity index (χ4v) is 1.85. The maximum Gasteiger partial charge on any atom is 0.257 e. The second-order valence-electron chi connectivity index (χ2n) is 4.50. The standard InChI is InChI=1S/C14H19Cl2NO2/c1-11(9-15)4-3-7-17-14(18)10-19-13-6-2-5-12(16)8-13/h2,5-6,8,11H,3-4,7,9-10H2,1H3,(H,17,18). The topological polar surface area (TPSA) is 38.3 Å². The van der Waals surface area contributed by atoms with Crippen molar-refractivity contribution in [3.63, 3.8) is 0 Å². The monoisotopic (exact) mass is 303 g/mol. The van der Waals surface area contributed by atoms with Crippen molar-refractivity contribution in [3.8, 4) is 5.75 Å². The molecule has 1 atom stereocenters. The van der Waals surface area contributed by atoms with Gasteiger partial charge in [-0.05, 0) is 37.0 Å². The van der Waals surface area contributed by atoms with Gasteiger partial charge in [0.25, 0.3) is 5.91 Å². The number of amides is 1. The summed E-state index contributed by atoms with van der Waals surface area (Å²) in [5, 5.41) is 3.40. The maximum absolute atomic E-state index is 11.5. The van der Waals surface area contributed by atoms with Gasteiger partial charge < -0.3 is 10.1 Å². The minimum Gasteiger partial charge on any atom is -0.484 e. The molecule has 0 aliphatic carbocycles. The highest BCUT2D eigenvalue weighted by molar-refractivity contribution is 6.30. The number of hydrogen-bond donors (Lipinski definition) is 1. The van der Waals surface area contributed by atoms with Crippen molar-refractivity contribution >= 4 is 29.1 Å². The number of ether oxygens (including phenoxy) is 1. The highest BCUT2D eigenvalue weighted by atomic mass is 35.5. The van der Waals surface area contributed by atoms with E-state index in [9.17, 15) is 4.79 Å². The molecule has 0 aromatic heterocycles. The Balaban J connectivity index is 2.14. The first-order valence-corrected chi connectivity index (χ1v) is 7.24. The third-order valence-electron chi connectivity index (χ3n) is 2.63. The van der Waals surface area contributed by atoms with Crippen molar-refractivity contribution in [2.24, 2.45) is 5.92 Å². The van der Waals surface area contributed by atoms with E-state index in [4.69, 9.17) is 27.9 Å². The fraction of sp³-hybridized carbons (Fsp3) is 0.500. The van der Waals surface area contributed by atoms with Crippen LogP contribution in [0, 0.1) is 5.92 Å². The molecule has 0 aliphatic rings. The lowest BCUT2D eigenvalue weighted by atomic mass is 10.1. The Morgan fingerprint density at radius 3 is 2.95 bits per heavy atom. The second-order valence-corrected chi connectivity index (χ2v) is 5.24. The highest BCUT2D eigenvalue weighted by Crippen LogP contribution is 2.16.